The number of carbonyl (C=O) groups excluding carboxylic acids is 2. The highest BCUT2D eigenvalue weighted by molar-refractivity contribution is 6.06. The Morgan fingerprint density at radius 1 is 1.10 bits per heavy atom. The minimum Gasteiger partial charge on any atom is -0.371 e. The lowest BCUT2D eigenvalue weighted by molar-refractivity contribution is -0.384. The van der Waals surface area contributed by atoms with Crippen molar-refractivity contribution in [3.8, 4) is 0 Å². The van der Waals surface area contributed by atoms with Crippen molar-refractivity contribution in [2.45, 2.75) is 26.7 Å². The Morgan fingerprint density at radius 3 is 2.43 bits per heavy atom. The van der Waals surface area contributed by atoms with Crippen LogP contribution in [-0.2, 0) is 0 Å². The lowest BCUT2D eigenvalue weighted by Crippen LogP contribution is -2.32. The summed E-state index contributed by atoms with van der Waals surface area (Å²) in [6, 6.07) is 10.9. The number of hydrogen-bond donors (Lipinski definition) is 1. The highest BCUT2D eigenvalue weighted by Gasteiger charge is 2.23. The average molecular weight is 410 g/mol. The number of carbonyl (C=O) groups is 2. The number of rotatable bonds is 7. The van der Waals surface area contributed by atoms with Crippen LogP contribution >= 0.6 is 0 Å². The first kappa shape index (κ1) is 21.3. The molecule has 1 N–H and O–H groups in total. The van der Waals surface area contributed by atoms with E-state index in [-0.39, 0.29) is 17.2 Å². The number of nitrogens with one attached hydrogen (secondary N) is 1. The van der Waals surface area contributed by atoms with Crippen molar-refractivity contribution in [3.63, 3.8) is 0 Å². The van der Waals surface area contributed by atoms with Crippen molar-refractivity contribution in [2.75, 3.05) is 36.4 Å². The number of anilines is 2. The lowest BCUT2D eigenvalue weighted by atomic mass is 10.1. The molecule has 0 radical (unpaired) electrons. The van der Waals surface area contributed by atoms with Crippen molar-refractivity contribution in [2.24, 2.45) is 0 Å². The molecule has 3 rings (SSSR count). The first-order chi connectivity index (χ1) is 14.4. The van der Waals surface area contributed by atoms with Gasteiger partial charge in [0.2, 0.25) is 0 Å². The van der Waals surface area contributed by atoms with Gasteiger partial charge in [-0.05, 0) is 51.0 Å². The van der Waals surface area contributed by atoms with Gasteiger partial charge in [-0.15, -0.1) is 0 Å². The number of nitro benzene ring substituents is 1. The molecule has 0 aromatic heterocycles. The molecule has 1 heterocycles. The summed E-state index contributed by atoms with van der Waals surface area (Å²) in [6.07, 6.45) is 2.17. The van der Waals surface area contributed by atoms with Crippen LogP contribution in [0.3, 0.4) is 0 Å². The fraction of sp³-hybridized carbons (Fsp3) is 0.364. The molecule has 2 amide bonds. The fourth-order valence-corrected chi connectivity index (χ4v) is 3.66. The van der Waals surface area contributed by atoms with Crippen LogP contribution in [-0.4, -0.2) is 47.8 Å². The molecule has 0 spiro atoms. The Bertz CT molecular complexity index is 950. The van der Waals surface area contributed by atoms with Gasteiger partial charge in [0.25, 0.3) is 17.5 Å². The first-order valence-corrected chi connectivity index (χ1v) is 10.2. The largest absolute Gasteiger partial charge is 0.371 e. The summed E-state index contributed by atoms with van der Waals surface area (Å²) in [7, 11) is 0. The summed E-state index contributed by atoms with van der Waals surface area (Å²) < 4.78 is 0. The van der Waals surface area contributed by atoms with Crippen LogP contribution in [0, 0.1) is 10.1 Å². The Morgan fingerprint density at radius 2 is 1.80 bits per heavy atom. The van der Waals surface area contributed by atoms with Gasteiger partial charge < -0.3 is 15.1 Å². The van der Waals surface area contributed by atoms with Crippen molar-refractivity contribution < 1.29 is 14.5 Å². The Kier molecular flexibility index (Phi) is 6.66. The number of nitrogens with zero attached hydrogens (tertiary/aromatic N) is 3. The van der Waals surface area contributed by atoms with Crippen molar-refractivity contribution in [1.29, 1.82) is 0 Å². The minimum atomic E-state index is -0.539. The van der Waals surface area contributed by atoms with Gasteiger partial charge in [0, 0.05) is 55.2 Å². The fourth-order valence-electron chi connectivity index (χ4n) is 3.66. The van der Waals surface area contributed by atoms with Gasteiger partial charge in [-0.2, -0.15) is 0 Å². The van der Waals surface area contributed by atoms with Gasteiger partial charge in [0.1, 0.15) is 0 Å². The highest BCUT2D eigenvalue weighted by atomic mass is 16.6. The molecule has 8 nitrogen and oxygen atoms in total. The summed E-state index contributed by atoms with van der Waals surface area (Å²) in [5, 5.41) is 13.7. The van der Waals surface area contributed by atoms with Gasteiger partial charge in [0.05, 0.1) is 10.5 Å². The maximum absolute atomic E-state index is 13.1. The normalized spacial score (nSPS) is 13.2. The topological polar surface area (TPSA) is 95.8 Å². The van der Waals surface area contributed by atoms with Crippen LogP contribution in [0.2, 0.25) is 0 Å². The SMILES string of the molecule is CCN(CC)C(=O)c1cc(NC(=O)c2cccc([N+](=O)[O-])c2)ccc1N1CCCC1. The predicted octanol–water partition coefficient (Wildman–Crippen LogP) is 3.93. The molecular weight excluding hydrogens is 384 g/mol. The van der Waals surface area contributed by atoms with Crippen LogP contribution in [0.25, 0.3) is 0 Å². The Balaban J connectivity index is 1.91. The third-order valence-corrected chi connectivity index (χ3v) is 5.30. The molecular formula is C22H26N4O4. The quantitative estimate of drug-likeness (QED) is 0.551. The van der Waals surface area contributed by atoms with Crippen molar-refractivity contribution >= 4 is 28.9 Å². The van der Waals surface area contributed by atoms with E-state index >= 15 is 0 Å². The molecule has 0 bridgehead atoms. The molecule has 0 saturated carbocycles. The third kappa shape index (κ3) is 4.59. The Labute approximate surface area is 175 Å². The molecule has 0 atom stereocenters. The summed E-state index contributed by atoms with van der Waals surface area (Å²) in [5.74, 6) is -0.540. The third-order valence-electron chi connectivity index (χ3n) is 5.30. The lowest BCUT2D eigenvalue weighted by Gasteiger charge is -2.25. The molecule has 1 saturated heterocycles. The molecule has 8 heteroatoms. The van der Waals surface area contributed by atoms with Gasteiger partial charge in [0.15, 0.2) is 0 Å². The predicted molar refractivity (Wildman–Crippen MR) is 116 cm³/mol. The minimum absolute atomic E-state index is 0.0756. The molecule has 1 aliphatic rings. The zero-order chi connectivity index (χ0) is 21.7. The number of non-ortho nitro benzene ring substituents is 1. The monoisotopic (exact) mass is 410 g/mol. The van der Waals surface area contributed by atoms with Crippen LogP contribution in [0.15, 0.2) is 42.5 Å². The van der Waals surface area contributed by atoms with E-state index in [0.717, 1.165) is 31.6 Å². The molecule has 30 heavy (non-hydrogen) atoms. The van der Waals surface area contributed by atoms with Crippen LogP contribution in [0.4, 0.5) is 17.1 Å². The van der Waals surface area contributed by atoms with E-state index in [1.54, 1.807) is 17.0 Å². The molecule has 0 unspecified atom stereocenters. The molecule has 0 aliphatic carbocycles. The van der Waals surface area contributed by atoms with Gasteiger partial charge in [-0.25, -0.2) is 0 Å². The summed E-state index contributed by atoms with van der Waals surface area (Å²) in [4.78, 5) is 40.1. The maximum Gasteiger partial charge on any atom is 0.270 e. The van der Waals surface area contributed by atoms with Crippen molar-refractivity contribution in [3.05, 3.63) is 63.7 Å². The zero-order valence-corrected chi connectivity index (χ0v) is 17.3. The van der Waals surface area contributed by atoms with E-state index in [4.69, 9.17) is 0 Å². The zero-order valence-electron chi connectivity index (χ0n) is 17.3. The summed E-state index contributed by atoms with van der Waals surface area (Å²) in [6.45, 7) is 6.86. The molecule has 158 valence electrons. The van der Waals surface area contributed by atoms with Crippen LogP contribution in [0.5, 0.6) is 0 Å². The smallest absolute Gasteiger partial charge is 0.270 e. The van der Waals surface area contributed by atoms with Crippen LogP contribution in [0.1, 0.15) is 47.4 Å². The molecule has 2 aromatic carbocycles. The van der Waals surface area contributed by atoms with Gasteiger partial charge >= 0.3 is 0 Å². The van der Waals surface area contributed by atoms with E-state index in [9.17, 15) is 19.7 Å². The average Bonchev–Trinajstić information content (AvgIpc) is 3.29. The standard InChI is InChI=1S/C22H26N4O4/c1-3-24(4-2)22(28)19-15-17(10-11-20(19)25-12-5-6-13-25)23-21(27)16-8-7-9-18(14-16)26(29)30/h7-11,14-15H,3-6,12-13H2,1-2H3,(H,23,27). The maximum atomic E-state index is 13.1. The summed E-state index contributed by atoms with van der Waals surface area (Å²) in [5.41, 5.74) is 1.94. The second kappa shape index (κ2) is 9.39. The number of amides is 2. The van der Waals surface area contributed by atoms with E-state index in [0.29, 0.717) is 24.3 Å². The summed E-state index contributed by atoms with van der Waals surface area (Å²) >= 11 is 0. The molecule has 1 aliphatic heterocycles. The number of nitro groups is 1. The van der Waals surface area contributed by atoms with E-state index in [1.807, 2.05) is 19.9 Å². The Hall–Kier alpha value is -3.42. The second-order valence-electron chi connectivity index (χ2n) is 7.17. The van der Waals surface area contributed by atoms with Gasteiger partial charge in [-0.1, -0.05) is 6.07 Å². The molecule has 2 aromatic rings. The van der Waals surface area contributed by atoms with Gasteiger partial charge in [-0.3, -0.25) is 19.7 Å². The van der Waals surface area contributed by atoms with E-state index in [2.05, 4.69) is 10.2 Å². The first-order valence-electron chi connectivity index (χ1n) is 10.2. The second-order valence-corrected chi connectivity index (χ2v) is 7.17. The highest BCUT2D eigenvalue weighted by Crippen LogP contribution is 2.29. The molecule has 1 fully saturated rings. The number of hydrogen-bond acceptors (Lipinski definition) is 5. The van der Waals surface area contributed by atoms with E-state index in [1.165, 1.54) is 24.3 Å². The van der Waals surface area contributed by atoms with E-state index < -0.39 is 10.8 Å². The van der Waals surface area contributed by atoms with Crippen molar-refractivity contribution in [1.82, 2.24) is 4.90 Å². The van der Waals surface area contributed by atoms with Crippen LogP contribution < -0.4 is 10.2 Å². The number of benzene rings is 2.